The number of nitrogens with zero attached hydrogens (tertiary/aromatic N) is 1. The van der Waals surface area contributed by atoms with Gasteiger partial charge in [-0.2, -0.15) is 0 Å². The van der Waals surface area contributed by atoms with Crippen LogP contribution in [0.15, 0.2) is 0 Å². The summed E-state index contributed by atoms with van der Waals surface area (Å²) in [6.07, 6.45) is 1.08. The van der Waals surface area contributed by atoms with E-state index in [1.54, 1.807) is 7.05 Å². The molecule has 4 heteroatoms. The minimum absolute atomic E-state index is 0.118. The predicted molar refractivity (Wildman–Crippen MR) is 59.7 cm³/mol. The van der Waals surface area contributed by atoms with E-state index >= 15 is 0 Å². The standard InChI is InChI=1S/C11H22N2O2/c1-8-9(6-7-15-8)13(5)10(14)11(2,3)12-4/h8-9,12H,6-7H2,1-5H3. The van der Waals surface area contributed by atoms with Crippen LogP contribution in [-0.2, 0) is 9.53 Å². The lowest BCUT2D eigenvalue weighted by Gasteiger charge is -2.34. The molecule has 1 heterocycles. The lowest BCUT2D eigenvalue weighted by Crippen LogP contribution is -2.55. The van der Waals surface area contributed by atoms with Gasteiger partial charge in [-0.25, -0.2) is 0 Å². The molecule has 0 aromatic carbocycles. The molecule has 1 N–H and O–H groups in total. The Balaban J connectivity index is 2.67. The molecule has 0 bridgehead atoms. The summed E-state index contributed by atoms with van der Waals surface area (Å²) in [7, 11) is 3.66. The van der Waals surface area contributed by atoms with Gasteiger partial charge in [-0.1, -0.05) is 0 Å². The number of hydrogen-bond donors (Lipinski definition) is 1. The molecule has 0 saturated carbocycles. The topological polar surface area (TPSA) is 41.6 Å². The molecule has 1 rings (SSSR count). The maximum Gasteiger partial charge on any atom is 0.242 e. The van der Waals surface area contributed by atoms with Crippen molar-refractivity contribution in [2.24, 2.45) is 0 Å². The Morgan fingerprint density at radius 3 is 2.53 bits per heavy atom. The Morgan fingerprint density at radius 1 is 1.53 bits per heavy atom. The van der Waals surface area contributed by atoms with Crippen LogP contribution in [0.4, 0.5) is 0 Å². The number of carbonyl (C=O) groups excluding carboxylic acids is 1. The predicted octanol–water partition coefficient (Wildman–Crippen LogP) is 0.620. The van der Waals surface area contributed by atoms with Crippen molar-refractivity contribution in [3.8, 4) is 0 Å². The fourth-order valence-corrected chi connectivity index (χ4v) is 1.93. The van der Waals surface area contributed by atoms with E-state index in [4.69, 9.17) is 4.74 Å². The van der Waals surface area contributed by atoms with E-state index in [-0.39, 0.29) is 18.1 Å². The molecule has 1 amide bonds. The normalized spacial score (nSPS) is 26.7. The summed E-state index contributed by atoms with van der Waals surface area (Å²) in [5.74, 6) is 0.118. The van der Waals surface area contributed by atoms with Gasteiger partial charge in [0.05, 0.1) is 17.7 Å². The van der Waals surface area contributed by atoms with Gasteiger partial charge in [0, 0.05) is 13.7 Å². The largest absolute Gasteiger partial charge is 0.376 e. The van der Waals surface area contributed by atoms with Crippen LogP contribution in [0.5, 0.6) is 0 Å². The van der Waals surface area contributed by atoms with Crippen LogP contribution in [0, 0.1) is 0 Å². The highest BCUT2D eigenvalue weighted by atomic mass is 16.5. The Kier molecular flexibility index (Phi) is 3.73. The Bertz CT molecular complexity index is 241. The van der Waals surface area contributed by atoms with Crippen LogP contribution in [0.25, 0.3) is 0 Å². The van der Waals surface area contributed by atoms with E-state index in [1.165, 1.54) is 0 Å². The third kappa shape index (κ3) is 2.49. The zero-order valence-electron chi connectivity index (χ0n) is 10.3. The first-order chi connectivity index (χ1) is 6.90. The van der Waals surface area contributed by atoms with E-state index in [0.717, 1.165) is 13.0 Å². The Labute approximate surface area is 92.0 Å². The van der Waals surface area contributed by atoms with Crippen molar-refractivity contribution < 1.29 is 9.53 Å². The van der Waals surface area contributed by atoms with E-state index in [2.05, 4.69) is 5.32 Å². The van der Waals surface area contributed by atoms with Crippen molar-refractivity contribution in [1.82, 2.24) is 10.2 Å². The zero-order valence-corrected chi connectivity index (χ0v) is 10.3. The number of amides is 1. The lowest BCUT2D eigenvalue weighted by atomic mass is 10.0. The molecule has 15 heavy (non-hydrogen) atoms. The number of likely N-dealkylation sites (N-methyl/N-ethyl adjacent to an activating group) is 2. The third-order valence-electron chi connectivity index (χ3n) is 3.31. The van der Waals surface area contributed by atoms with Crippen molar-refractivity contribution in [2.75, 3.05) is 20.7 Å². The second-order valence-electron chi connectivity index (χ2n) is 4.72. The molecule has 0 aliphatic carbocycles. The smallest absolute Gasteiger partial charge is 0.242 e. The molecule has 0 aromatic heterocycles. The number of carbonyl (C=O) groups is 1. The first-order valence-electron chi connectivity index (χ1n) is 5.48. The van der Waals surface area contributed by atoms with Crippen molar-refractivity contribution in [3.63, 3.8) is 0 Å². The summed E-state index contributed by atoms with van der Waals surface area (Å²) in [6.45, 7) is 6.57. The summed E-state index contributed by atoms with van der Waals surface area (Å²) < 4.78 is 5.47. The van der Waals surface area contributed by atoms with Gasteiger partial charge < -0.3 is 15.0 Å². The van der Waals surface area contributed by atoms with Gasteiger partial charge in [0.1, 0.15) is 0 Å². The maximum absolute atomic E-state index is 12.1. The molecule has 2 atom stereocenters. The summed E-state index contributed by atoms with van der Waals surface area (Å²) in [5.41, 5.74) is -0.503. The molecular formula is C11H22N2O2. The van der Waals surface area contributed by atoms with Gasteiger partial charge in [0.2, 0.25) is 5.91 Å². The molecule has 0 aromatic rings. The van der Waals surface area contributed by atoms with Crippen LogP contribution in [0.3, 0.4) is 0 Å². The van der Waals surface area contributed by atoms with Crippen LogP contribution in [-0.4, -0.2) is 49.2 Å². The van der Waals surface area contributed by atoms with E-state index in [0.29, 0.717) is 0 Å². The van der Waals surface area contributed by atoms with E-state index in [1.807, 2.05) is 32.7 Å². The average Bonchev–Trinajstić information content (AvgIpc) is 2.62. The first-order valence-corrected chi connectivity index (χ1v) is 5.48. The number of ether oxygens (including phenoxy) is 1. The lowest BCUT2D eigenvalue weighted by molar-refractivity contribution is -0.138. The van der Waals surface area contributed by atoms with Gasteiger partial charge in [-0.3, -0.25) is 4.79 Å². The van der Waals surface area contributed by atoms with Crippen molar-refractivity contribution in [1.29, 1.82) is 0 Å². The molecule has 0 radical (unpaired) electrons. The summed E-state index contributed by atoms with van der Waals surface area (Å²) >= 11 is 0. The first kappa shape index (κ1) is 12.5. The molecule has 1 saturated heterocycles. The highest BCUT2D eigenvalue weighted by molar-refractivity contribution is 5.85. The monoisotopic (exact) mass is 214 g/mol. The highest BCUT2D eigenvalue weighted by Gasteiger charge is 2.36. The summed E-state index contributed by atoms with van der Waals surface area (Å²) in [5, 5.41) is 3.03. The minimum Gasteiger partial charge on any atom is -0.376 e. The van der Waals surface area contributed by atoms with Gasteiger partial charge in [-0.15, -0.1) is 0 Å². The van der Waals surface area contributed by atoms with Crippen molar-refractivity contribution in [3.05, 3.63) is 0 Å². The Hall–Kier alpha value is -0.610. The van der Waals surface area contributed by atoms with Crippen LogP contribution >= 0.6 is 0 Å². The van der Waals surface area contributed by atoms with Gasteiger partial charge in [-0.05, 0) is 34.2 Å². The summed E-state index contributed by atoms with van der Waals surface area (Å²) in [6, 6.07) is 0.213. The zero-order chi connectivity index (χ0) is 11.6. The third-order valence-corrected chi connectivity index (χ3v) is 3.31. The molecule has 1 aliphatic heterocycles. The van der Waals surface area contributed by atoms with Crippen LogP contribution in [0.1, 0.15) is 27.2 Å². The molecule has 1 fully saturated rings. The fourth-order valence-electron chi connectivity index (χ4n) is 1.93. The molecule has 2 unspecified atom stereocenters. The molecule has 4 nitrogen and oxygen atoms in total. The van der Waals surface area contributed by atoms with Crippen molar-refractivity contribution >= 4 is 5.91 Å². The van der Waals surface area contributed by atoms with Gasteiger partial charge in [0.15, 0.2) is 0 Å². The molecule has 88 valence electrons. The van der Waals surface area contributed by atoms with E-state index in [9.17, 15) is 4.79 Å². The van der Waals surface area contributed by atoms with Gasteiger partial charge in [0.25, 0.3) is 0 Å². The second kappa shape index (κ2) is 4.49. The fraction of sp³-hybridized carbons (Fsp3) is 0.909. The van der Waals surface area contributed by atoms with E-state index < -0.39 is 5.54 Å². The molecule has 1 aliphatic rings. The second-order valence-corrected chi connectivity index (χ2v) is 4.72. The van der Waals surface area contributed by atoms with Gasteiger partial charge >= 0.3 is 0 Å². The highest BCUT2D eigenvalue weighted by Crippen LogP contribution is 2.20. The van der Waals surface area contributed by atoms with Crippen LogP contribution < -0.4 is 5.32 Å². The number of hydrogen-bond acceptors (Lipinski definition) is 3. The minimum atomic E-state index is -0.503. The summed E-state index contributed by atoms with van der Waals surface area (Å²) in [4.78, 5) is 13.9. The number of rotatable bonds is 3. The SMILES string of the molecule is CNC(C)(C)C(=O)N(C)C1CCOC1C. The van der Waals surface area contributed by atoms with Crippen molar-refractivity contribution in [2.45, 2.75) is 44.9 Å². The molecule has 0 spiro atoms. The average molecular weight is 214 g/mol. The number of nitrogens with one attached hydrogen (secondary N) is 1. The van der Waals surface area contributed by atoms with Crippen LogP contribution in [0.2, 0.25) is 0 Å². The maximum atomic E-state index is 12.1. The quantitative estimate of drug-likeness (QED) is 0.749. The molecular weight excluding hydrogens is 192 g/mol. The Morgan fingerprint density at radius 2 is 2.13 bits per heavy atom.